The Morgan fingerprint density at radius 3 is 2.61 bits per heavy atom. The lowest BCUT2D eigenvalue weighted by Gasteiger charge is -2.27. The number of hydrogen-bond donors (Lipinski definition) is 1. The van der Waals surface area contributed by atoms with Crippen molar-refractivity contribution in [2.45, 2.75) is 32.2 Å². The van der Waals surface area contributed by atoms with E-state index in [0.29, 0.717) is 34.1 Å². The van der Waals surface area contributed by atoms with Crippen molar-refractivity contribution in [3.63, 3.8) is 0 Å². The first kappa shape index (κ1) is 24.8. The van der Waals surface area contributed by atoms with Crippen LogP contribution in [-0.4, -0.2) is 35.1 Å². The van der Waals surface area contributed by atoms with E-state index in [1.165, 1.54) is 7.11 Å². The molecular formula is C28H27BrClN3O3. The van der Waals surface area contributed by atoms with Gasteiger partial charge >= 0.3 is 5.97 Å². The number of methoxy groups -OCH3 is 1. The lowest BCUT2D eigenvalue weighted by molar-refractivity contribution is -0.146. The SMILES string of the molecule is COC(=O)[C@H]1CC[C@H](CNC(=O)c2c(Cl)c(Br)cc3ccn(Cc4cc5ccccc5cn4)c23)CC1. The maximum Gasteiger partial charge on any atom is 0.308 e. The summed E-state index contributed by atoms with van der Waals surface area (Å²) in [4.78, 5) is 29.9. The Morgan fingerprint density at radius 2 is 1.86 bits per heavy atom. The normalized spacial score (nSPS) is 17.9. The summed E-state index contributed by atoms with van der Waals surface area (Å²) in [7, 11) is 1.43. The molecule has 2 heterocycles. The van der Waals surface area contributed by atoms with E-state index < -0.39 is 0 Å². The predicted octanol–water partition coefficient (Wildman–Crippen LogP) is 6.36. The van der Waals surface area contributed by atoms with Gasteiger partial charge in [-0.2, -0.15) is 0 Å². The zero-order valence-electron chi connectivity index (χ0n) is 20.0. The highest BCUT2D eigenvalue weighted by Gasteiger charge is 2.28. The summed E-state index contributed by atoms with van der Waals surface area (Å²) in [6.45, 7) is 1.06. The number of rotatable bonds is 6. The summed E-state index contributed by atoms with van der Waals surface area (Å²) in [5, 5.41) is 6.63. The molecule has 6 nitrogen and oxygen atoms in total. The maximum absolute atomic E-state index is 13.5. The van der Waals surface area contributed by atoms with Crippen molar-refractivity contribution in [1.29, 1.82) is 0 Å². The molecule has 186 valence electrons. The van der Waals surface area contributed by atoms with Crippen LogP contribution in [0.1, 0.15) is 41.7 Å². The molecule has 8 heteroatoms. The summed E-state index contributed by atoms with van der Waals surface area (Å²) >= 11 is 10.2. The fourth-order valence-corrected chi connectivity index (χ4v) is 5.82. The molecule has 5 rings (SSSR count). The number of nitrogens with zero attached hydrogens (tertiary/aromatic N) is 2. The molecule has 1 N–H and O–H groups in total. The standard InChI is InChI=1S/C28H27BrClN3O3/c1-36-28(35)18-8-6-17(7-9-18)14-32-27(34)24-25(30)23(29)13-20-10-11-33(26(20)24)16-22-12-19-4-2-3-5-21(19)15-31-22/h2-5,10-13,15,17-18H,6-9,14,16H2,1H3,(H,32,34)/t17-,18-. The van der Waals surface area contributed by atoms with Crippen LogP contribution in [0.4, 0.5) is 0 Å². The van der Waals surface area contributed by atoms with Crippen LogP contribution in [-0.2, 0) is 16.1 Å². The van der Waals surface area contributed by atoms with Crippen molar-refractivity contribution in [3.8, 4) is 0 Å². The molecule has 0 radical (unpaired) electrons. The average molecular weight is 569 g/mol. The third-order valence-electron chi connectivity index (χ3n) is 7.12. The van der Waals surface area contributed by atoms with Gasteiger partial charge < -0.3 is 14.6 Å². The Balaban J connectivity index is 1.37. The van der Waals surface area contributed by atoms with Crippen LogP contribution >= 0.6 is 27.5 Å². The Morgan fingerprint density at radius 1 is 1.11 bits per heavy atom. The van der Waals surface area contributed by atoms with E-state index in [4.69, 9.17) is 16.3 Å². The minimum Gasteiger partial charge on any atom is -0.469 e. The third-order valence-corrected chi connectivity index (χ3v) is 8.37. The van der Waals surface area contributed by atoms with Crippen molar-refractivity contribution in [1.82, 2.24) is 14.9 Å². The minimum absolute atomic E-state index is 0.0342. The van der Waals surface area contributed by atoms with Crippen molar-refractivity contribution in [2.75, 3.05) is 13.7 Å². The number of halogens is 2. The number of carbonyl (C=O) groups excluding carboxylic acids is 2. The molecule has 2 aromatic carbocycles. The molecule has 0 aliphatic heterocycles. The van der Waals surface area contributed by atoms with Crippen LogP contribution in [0.5, 0.6) is 0 Å². The molecule has 0 spiro atoms. The van der Waals surface area contributed by atoms with Crippen LogP contribution in [0.2, 0.25) is 5.02 Å². The molecule has 0 unspecified atom stereocenters. The van der Waals surface area contributed by atoms with E-state index in [9.17, 15) is 9.59 Å². The zero-order valence-corrected chi connectivity index (χ0v) is 22.3. The average Bonchev–Trinajstić information content (AvgIpc) is 3.29. The number of amides is 1. The number of fused-ring (bicyclic) bond motifs is 2. The summed E-state index contributed by atoms with van der Waals surface area (Å²) < 4.78 is 7.59. The van der Waals surface area contributed by atoms with Crippen molar-refractivity contribution in [3.05, 3.63) is 75.6 Å². The van der Waals surface area contributed by atoms with E-state index in [1.54, 1.807) is 0 Å². The van der Waals surface area contributed by atoms with Crippen LogP contribution in [0.3, 0.4) is 0 Å². The smallest absolute Gasteiger partial charge is 0.308 e. The van der Waals surface area contributed by atoms with Crippen molar-refractivity contribution < 1.29 is 14.3 Å². The third kappa shape index (κ3) is 5.00. The number of aromatic nitrogens is 2. The van der Waals surface area contributed by atoms with Gasteiger partial charge in [-0.1, -0.05) is 35.9 Å². The molecule has 1 amide bonds. The first-order valence-electron chi connectivity index (χ1n) is 12.1. The Labute approximate surface area is 223 Å². The lowest BCUT2D eigenvalue weighted by atomic mass is 9.82. The minimum atomic E-state index is -0.201. The molecule has 0 bridgehead atoms. The van der Waals surface area contributed by atoms with E-state index in [1.807, 2.05) is 47.3 Å². The molecular weight excluding hydrogens is 542 g/mol. The molecule has 36 heavy (non-hydrogen) atoms. The fourth-order valence-electron chi connectivity index (χ4n) is 5.14. The van der Waals surface area contributed by atoms with Gasteiger partial charge in [0.25, 0.3) is 5.91 Å². The van der Waals surface area contributed by atoms with Crippen LogP contribution in [0, 0.1) is 11.8 Å². The molecule has 1 fully saturated rings. The summed E-state index contributed by atoms with van der Waals surface area (Å²) in [6, 6.07) is 14.1. The molecule has 1 aliphatic carbocycles. The van der Waals surface area contributed by atoms with Gasteiger partial charge in [-0.3, -0.25) is 14.6 Å². The molecule has 0 saturated heterocycles. The first-order valence-corrected chi connectivity index (χ1v) is 13.3. The molecule has 1 aliphatic rings. The van der Waals surface area contributed by atoms with Crippen molar-refractivity contribution >= 4 is 61.1 Å². The zero-order chi connectivity index (χ0) is 25.2. The number of pyridine rings is 1. The van der Waals surface area contributed by atoms with Gasteiger partial charge in [0.1, 0.15) is 0 Å². The predicted molar refractivity (Wildman–Crippen MR) is 145 cm³/mol. The van der Waals surface area contributed by atoms with Gasteiger partial charge in [0.05, 0.1) is 41.4 Å². The van der Waals surface area contributed by atoms with Crippen LogP contribution in [0.25, 0.3) is 21.7 Å². The molecule has 1 saturated carbocycles. The molecule has 2 aromatic heterocycles. The highest BCUT2D eigenvalue weighted by atomic mass is 79.9. The highest BCUT2D eigenvalue weighted by molar-refractivity contribution is 9.10. The number of benzene rings is 2. The Hall–Kier alpha value is -2.90. The van der Waals surface area contributed by atoms with E-state index in [0.717, 1.165) is 53.1 Å². The van der Waals surface area contributed by atoms with E-state index in [2.05, 4.69) is 38.4 Å². The number of carbonyl (C=O) groups is 2. The quantitative estimate of drug-likeness (QED) is 0.275. The second-order valence-electron chi connectivity index (χ2n) is 9.40. The number of nitrogens with one attached hydrogen (secondary N) is 1. The fraction of sp³-hybridized carbons (Fsp3) is 0.321. The Kier molecular flexibility index (Phi) is 7.30. The van der Waals surface area contributed by atoms with Gasteiger partial charge in [0.2, 0.25) is 0 Å². The van der Waals surface area contributed by atoms with Crippen LogP contribution < -0.4 is 5.32 Å². The summed E-state index contributed by atoms with van der Waals surface area (Å²) in [5.74, 6) is -0.0479. The van der Waals surface area contributed by atoms with Gasteiger partial charge in [-0.15, -0.1) is 0 Å². The van der Waals surface area contributed by atoms with Gasteiger partial charge in [0, 0.05) is 34.2 Å². The van der Waals surface area contributed by atoms with Gasteiger partial charge in [-0.05, 0) is 71.1 Å². The van der Waals surface area contributed by atoms with Gasteiger partial charge in [-0.25, -0.2) is 0 Å². The number of esters is 1. The summed E-state index contributed by atoms with van der Waals surface area (Å²) in [6.07, 6.45) is 7.18. The second-order valence-corrected chi connectivity index (χ2v) is 10.6. The molecule has 0 atom stereocenters. The monoisotopic (exact) mass is 567 g/mol. The highest BCUT2D eigenvalue weighted by Crippen LogP contribution is 2.35. The number of hydrogen-bond acceptors (Lipinski definition) is 4. The Bertz CT molecular complexity index is 1440. The van der Waals surface area contributed by atoms with Gasteiger partial charge in [0.15, 0.2) is 0 Å². The topological polar surface area (TPSA) is 73.2 Å². The van der Waals surface area contributed by atoms with Crippen molar-refractivity contribution in [2.24, 2.45) is 11.8 Å². The van der Waals surface area contributed by atoms with E-state index >= 15 is 0 Å². The number of ether oxygens (including phenoxy) is 1. The lowest BCUT2D eigenvalue weighted by Crippen LogP contribution is -2.33. The maximum atomic E-state index is 13.5. The second kappa shape index (κ2) is 10.6. The molecule has 4 aromatic rings. The van der Waals surface area contributed by atoms with E-state index in [-0.39, 0.29) is 17.8 Å². The van der Waals surface area contributed by atoms with Crippen LogP contribution in [0.15, 0.2) is 59.3 Å². The first-order chi connectivity index (χ1) is 17.4. The largest absolute Gasteiger partial charge is 0.469 e. The summed E-state index contributed by atoms with van der Waals surface area (Å²) in [5.41, 5.74) is 2.14.